The van der Waals surface area contributed by atoms with Crippen LogP contribution in [0.5, 0.6) is 0 Å². The van der Waals surface area contributed by atoms with Crippen molar-refractivity contribution in [1.82, 2.24) is 15.1 Å². The van der Waals surface area contributed by atoms with Crippen LogP contribution in [0.2, 0.25) is 5.02 Å². The number of anilines is 1. The van der Waals surface area contributed by atoms with E-state index in [1.54, 1.807) is 6.20 Å². The van der Waals surface area contributed by atoms with Crippen LogP contribution in [0.1, 0.15) is 39.7 Å². The summed E-state index contributed by atoms with van der Waals surface area (Å²) in [7, 11) is 0. The van der Waals surface area contributed by atoms with Gasteiger partial charge in [-0.05, 0) is 52.6 Å². The number of halogens is 1. The molecule has 0 aromatic carbocycles. The van der Waals surface area contributed by atoms with Crippen molar-refractivity contribution in [2.45, 2.75) is 39.7 Å². The lowest BCUT2D eigenvalue weighted by atomic mass is 9.97. The first kappa shape index (κ1) is 16.3. The van der Waals surface area contributed by atoms with Gasteiger partial charge in [-0.15, -0.1) is 0 Å². The molecule has 0 unspecified atom stereocenters. The molecule has 1 fully saturated rings. The molecular formula is C15H25ClN4O. The molecule has 5 nitrogen and oxygen atoms in total. The van der Waals surface area contributed by atoms with Crippen LogP contribution < -0.4 is 15.8 Å². The number of nitrogens with zero attached hydrogens (tertiary/aromatic N) is 3. The van der Waals surface area contributed by atoms with Crippen molar-refractivity contribution in [2.24, 2.45) is 5.92 Å². The average Bonchev–Trinajstić information content (AvgIpc) is 2.48. The Kier molecular flexibility index (Phi) is 5.65. The Morgan fingerprint density at radius 1 is 1.48 bits per heavy atom. The fourth-order valence-electron chi connectivity index (χ4n) is 2.80. The molecule has 2 heterocycles. The van der Waals surface area contributed by atoms with Gasteiger partial charge in [-0.25, -0.2) is 4.68 Å². The van der Waals surface area contributed by atoms with Gasteiger partial charge in [0.15, 0.2) is 0 Å². The number of hydrogen-bond acceptors (Lipinski definition) is 4. The third-order valence-corrected chi connectivity index (χ3v) is 4.43. The van der Waals surface area contributed by atoms with Gasteiger partial charge in [0.1, 0.15) is 5.02 Å². The van der Waals surface area contributed by atoms with Gasteiger partial charge in [-0.3, -0.25) is 4.79 Å². The van der Waals surface area contributed by atoms with Gasteiger partial charge in [0.05, 0.1) is 17.9 Å². The van der Waals surface area contributed by atoms with E-state index in [0.29, 0.717) is 5.92 Å². The molecule has 1 saturated heterocycles. The molecule has 1 aliphatic heterocycles. The highest BCUT2D eigenvalue weighted by molar-refractivity contribution is 6.33. The SMILES string of the molecule is CCN(CC1CCNCC1)c1cnn(C(C)C)c(=O)c1Cl. The van der Waals surface area contributed by atoms with Crippen molar-refractivity contribution >= 4 is 17.3 Å². The molecule has 1 N–H and O–H groups in total. The standard InChI is InChI=1S/C15H25ClN4O/c1-4-19(10-12-5-7-17-8-6-12)13-9-18-20(11(2)3)15(21)14(13)16/h9,11-12,17H,4-8,10H2,1-3H3. The number of hydrogen-bond donors (Lipinski definition) is 1. The maximum Gasteiger partial charge on any atom is 0.287 e. The molecule has 21 heavy (non-hydrogen) atoms. The van der Waals surface area contributed by atoms with Crippen molar-refractivity contribution in [2.75, 3.05) is 31.1 Å². The van der Waals surface area contributed by atoms with Gasteiger partial charge < -0.3 is 10.2 Å². The molecule has 118 valence electrons. The summed E-state index contributed by atoms with van der Waals surface area (Å²) < 4.78 is 1.43. The first-order chi connectivity index (χ1) is 10.0. The molecule has 0 saturated carbocycles. The fraction of sp³-hybridized carbons (Fsp3) is 0.733. The largest absolute Gasteiger partial charge is 0.369 e. The number of nitrogens with one attached hydrogen (secondary N) is 1. The third kappa shape index (κ3) is 3.77. The molecule has 1 aliphatic rings. The lowest BCUT2D eigenvalue weighted by molar-refractivity contribution is 0.374. The maximum absolute atomic E-state index is 12.3. The van der Waals surface area contributed by atoms with Crippen LogP contribution in [0.3, 0.4) is 0 Å². The summed E-state index contributed by atoms with van der Waals surface area (Å²) in [4.78, 5) is 14.5. The summed E-state index contributed by atoms with van der Waals surface area (Å²) in [5, 5.41) is 7.93. The van der Waals surface area contributed by atoms with E-state index in [9.17, 15) is 4.79 Å². The number of rotatable bonds is 5. The van der Waals surface area contributed by atoms with E-state index in [2.05, 4.69) is 22.2 Å². The van der Waals surface area contributed by atoms with Crippen molar-refractivity contribution in [3.8, 4) is 0 Å². The normalized spacial score (nSPS) is 16.4. The predicted molar refractivity (Wildman–Crippen MR) is 87.4 cm³/mol. The molecule has 0 spiro atoms. The zero-order chi connectivity index (χ0) is 15.4. The first-order valence-corrected chi connectivity index (χ1v) is 8.15. The van der Waals surface area contributed by atoms with Crippen LogP contribution in [-0.4, -0.2) is 36.0 Å². The summed E-state index contributed by atoms with van der Waals surface area (Å²) in [6, 6.07) is 0.0172. The Morgan fingerprint density at radius 3 is 2.71 bits per heavy atom. The van der Waals surface area contributed by atoms with Crippen molar-refractivity contribution in [3.05, 3.63) is 21.6 Å². The molecule has 6 heteroatoms. The predicted octanol–water partition coefficient (Wildman–Crippen LogP) is 2.30. The van der Waals surface area contributed by atoms with E-state index < -0.39 is 0 Å². The first-order valence-electron chi connectivity index (χ1n) is 7.77. The topological polar surface area (TPSA) is 50.2 Å². The van der Waals surface area contributed by atoms with Gasteiger partial charge in [0.25, 0.3) is 5.56 Å². The Labute approximate surface area is 131 Å². The van der Waals surface area contributed by atoms with Crippen molar-refractivity contribution in [3.63, 3.8) is 0 Å². The quantitative estimate of drug-likeness (QED) is 0.906. The van der Waals surface area contributed by atoms with Gasteiger partial charge in [0.2, 0.25) is 0 Å². The van der Waals surface area contributed by atoms with Gasteiger partial charge >= 0.3 is 0 Å². The van der Waals surface area contributed by atoms with Crippen LogP contribution in [-0.2, 0) is 0 Å². The summed E-state index contributed by atoms with van der Waals surface area (Å²) in [5.74, 6) is 0.648. The molecule has 0 atom stereocenters. The fourth-order valence-corrected chi connectivity index (χ4v) is 3.05. The Hall–Kier alpha value is -1.07. The monoisotopic (exact) mass is 312 g/mol. The van der Waals surface area contributed by atoms with E-state index in [-0.39, 0.29) is 16.6 Å². The second kappa shape index (κ2) is 7.27. The molecule has 1 aromatic rings. The Morgan fingerprint density at radius 2 is 2.14 bits per heavy atom. The molecule has 1 aromatic heterocycles. The molecule has 0 bridgehead atoms. The van der Waals surface area contributed by atoms with Crippen LogP contribution in [0.4, 0.5) is 5.69 Å². The molecule has 0 aliphatic carbocycles. The zero-order valence-electron chi connectivity index (χ0n) is 13.1. The molecule has 0 radical (unpaired) electrons. The number of aromatic nitrogens is 2. The van der Waals surface area contributed by atoms with Gasteiger partial charge in [0, 0.05) is 13.1 Å². The van der Waals surface area contributed by atoms with Crippen molar-refractivity contribution < 1.29 is 0 Å². The molecule has 2 rings (SSSR count). The second-order valence-electron chi connectivity index (χ2n) is 5.92. The number of piperidine rings is 1. The van der Waals surface area contributed by atoms with E-state index in [0.717, 1.165) is 31.9 Å². The minimum atomic E-state index is -0.201. The summed E-state index contributed by atoms with van der Waals surface area (Å²) in [6.45, 7) is 9.85. The summed E-state index contributed by atoms with van der Waals surface area (Å²) in [5.41, 5.74) is 0.563. The minimum absolute atomic E-state index is 0.0172. The van der Waals surface area contributed by atoms with Gasteiger partial charge in [-0.1, -0.05) is 11.6 Å². The van der Waals surface area contributed by atoms with E-state index >= 15 is 0 Å². The smallest absolute Gasteiger partial charge is 0.287 e. The van der Waals surface area contributed by atoms with Crippen LogP contribution in [0.15, 0.2) is 11.0 Å². The van der Waals surface area contributed by atoms with Gasteiger partial charge in [-0.2, -0.15) is 5.10 Å². The lowest BCUT2D eigenvalue weighted by Gasteiger charge is -2.31. The van der Waals surface area contributed by atoms with Crippen LogP contribution >= 0.6 is 11.6 Å². The van der Waals surface area contributed by atoms with Crippen LogP contribution in [0, 0.1) is 5.92 Å². The summed E-state index contributed by atoms with van der Waals surface area (Å²) >= 11 is 6.31. The van der Waals surface area contributed by atoms with E-state index in [1.165, 1.54) is 17.5 Å². The van der Waals surface area contributed by atoms with E-state index in [1.807, 2.05) is 13.8 Å². The molecular weight excluding hydrogens is 288 g/mol. The third-order valence-electron chi connectivity index (χ3n) is 4.07. The minimum Gasteiger partial charge on any atom is -0.369 e. The Balaban J connectivity index is 2.21. The highest BCUT2D eigenvalue weighted by Crippen LogP contribution is 2.24. The lowest BCUT2D eigenvalue weighted by Crippen LogP contribution is -2.37. The highest BCUT2D eigenvalue weighted by Gasteiger charge is 2.20. The zero-order valence-corrected chi connectivity index (χ0v) is 13.9. The van der Waals surface area contributed by atoms with Crippen LogP contribution in [0.25, 0.3) is 0 Å². The maximum atomic E-state index is 12.3. The molecule has 0 amide bonds. The van der Waals surface area contributed by atoms with E-state index in [4.69, 9.17) is 11.6 Å². The van der Waals surface area contributed by atoms with Crippen molar-refractivity contribution in [1.29, 1.82) is 0 Å². The second-order valence-corrected chi connectivity index (χ2v) is 6.30. The summed E-state index contributed by atoms with van der Waals surface area (Å²) in [6.07, 6.45) is 4.07. The Bertz CT molecular complexity index is 523. The highest BCUT2D eigenvalue weighted by atomic mass is 35.5. The average molecular weight is 313 g/mol.